The summed E-state index contributed by atoms with van der Waals surface area (Å²) in [4.78, 5) is 51.3. The molecule has 2 fully saturated rings. The average molecular weight is 342 g/mol. The minimum atomic E-state index is -1.10. The third-order valence-corrected chi connectivity index (χ3v) is 5.10. The molecule has 1 aromatic carbocycles. The molecule has 0 radical (unpaired) electrons. The van der Waals surface area contributed by atoms with Crippen LogP contribution in [0.4, 0.5) is 9.59 Å². The van der Waals surface area contributed by atoms with Crippen LogP contribution in [0.1, 0.15) is 24.0 Å². The Bertz CT molecular complexity index is 793. The Balaban J connectivity index is 1.61. The number of nitrogens with zero attached hydrogens (tertiary/aromatic N) is 2. The normalized spacial score (nSPS) is 25.2. The third kappa shape index (κ3) is 2.28. The summed E-state index contributed by atoms with van der Waals surface area (Å²) in [5, 5.41) is 5.33. The number of benzene rings is 1. The highest BCUT2D eigenvalue weighted by atomic mass is 16.2. The van der Waals surface area contributed by atoms with Crippen LogP contribution >= 0.6 is 0 Å². The molecule has 1 spiro atoms. The van der Waals surface area contributed by atoms with Crippen molar-refractivity contribution in [3.8, 4) is 0 Å². The van der Waals surface area contributed by atoms with Gasteiger partial charge in [-0.3, -0.25) is 19.4 Å². The number of nitrogens with one attached hydrogen (secondary N) is 2. The predicted molar refractivity (Wildman–Crippen MR) is 86.4 cm³/mol. The van der Waals surface area contributed by atoms with Crippen LogP contribution < -0.4 is 10.6 Å². The summed E-state index contributed by atoms with van der Waals surface area (Å²) < 4.78 is 0. The summed E-state index contributed by atoms with van der Waals surface area (Å²) in [5.74, 6) is -0.975. The molecular formula is C17H18N4O4. The Morgan fingerprint density at radius 2 is 1.96 bits per heavy atom. The lowest BCUT2D eigenvalue weighted by molar-refractivity contribution is -0.137. The zero-order chi connectivity index (χ0) is 17.6. The van der Waals surface area contributed by atoms with Crippen LogP contribution in [0, 0.1) is 0 Å². The maximum Gasteiger partial charge on any atom is 0.325 e. The fraction of sp³-hybridized carbons (Fsp3) is 0.412. The van der Waals surface area contributed by atoms with E-state index in [9.17, 15) is 19.2 Å². The standard InChI is InChI=1S/C17H18N4O4/c22-13(20-9-8-18-15(20)24)10-21-14(23)17(19-16(21)25)7-3-5-11-4-1-2-6-12(11)17/h1-2,4,6H,3,5,7-10H2,(H,18,24)(H,19,25). The molecule has 25 heavy (non-hydrogen) atoms. The van der Waals surface area contributed by atoms with Gasteiger partial charge >= 0.3 is 12.1 Å². The van der Waals surface area contributed by atoms with Gasteiger partial charge in [0.2, 0.25) is 0 Å². The number of rotatable bonds is 2. The van der Waals surface area contributed by atoms with E-state index in [-0.39, 0.29) is 6.54 Å². The minimum Gasteiger partial charge on any atom is -0.336 e. The number of urea groups is 2. The van der Waals surface area contributed by atoms with Gasteiger partial charge in [0.1, 0.15) is 12.1 Å². The SMILES string of the molecule is O=C(CN1C(=O)NC2(CCCc3ccccc32)C1=O)N1CCNC1=O. The molecule has 3 aliphatic rings. The van der Waals surface area contributed by atoms with Crippen molar-refractivity contribution >= 4 is 23.9 Å². The lowest BCUT2D eigenvalue weighted by Gasteiger charge is -2.33. The fourth-order valence-electron chi connectivity index (χ4n) is 3.89. The molecule has 1 aromatic rings. The quantitative estimate of drug-likeness (QED) is 0.756. The van der Waals surface area contributed by atoms with Crippen LogP contribution in [0.2, 0.25) is 0 Å². The molecule has 1 atom stereocenters. The van der Waals surface area contributed by atoms with E-state index in [0.29, 0.717) is 13.0 Å². The molecular weight excluding hydrogens is 324 g/mol. The van der Waals surface area contributed by atoms with E-state index < -0.39 is 36.0 Å². The first-order valence-corrected chi connectivity index (χ1v) is 8.33. The molecule has 0 saturated carbocycles. The highest BCUT2D eigenvalue weighted by molar-refractivity contribution is 6.10. The molecule has 6 amide bonds. The topological polar surface area (TPSA) is 98.8 Å². The van der Waals surface area contributed by atoms with Crippen molar-refractivity contribution in [1.29, 1.82) is 0 Å². The number of fused-ring (bicyclic) bond motifs is 2. The molecule has 2 saturated heterocycles. The van der Waals surface area contributed by atoms with Gasteiger partial charge in [0, 0.05) is 13.1 Å². The maximum absolute atomic E-state index is 13.1. The van der Waals surface area contributed by atoms with Crippen LogP contribution in [0.3, 0.4) is 0 Å². The summed E-state index contributed by atoms with van der Waals surface area (Å²) >= 11 is 0. The molecule has 2 aliphatic heterocycles. The number of hydrogen-bond donors (Lipinski definition) is 2. The second-order valence-corrected chi connectivity index (χ2v) is 6.51. The lowest BCUT2D eigenvalue weighted by atomic mass is 9.76. The minimum absolute atomic E-state index is 0.245. The van der Waals surface area contributed by atoms with E-state index in [0.717, 1.165) is 33.8 Å². The second-order valence-electron chi connectivity index (χ2n) is 6.51. The lowest BCUT2D eigenvalue weighted by Crippen LogP contribution is -2.47. The van der Waals surface area contributed by atoms with Crippen molar-refractivity contribution in [1.82, 2.24) is 20.4 Å². The molecule has 0 aromatic heterocycles. The third-order valence-electron chi connectivity index (χ3n) is 5.10. The first kappa shape index (κ1) is 15.6. The summed E-state index contributed by atoms with van der Waals surface area (Å²) in [5.41, 5.74) is 0.738. The van der Waals surface area contributed by atoms with E-state index in [1.165, 1.54) is 0 Å². The Morgan fingerprint density at radius 1 is 1.16 bits per heavy atom. The van der Waals surface area contributed by atoms with E-state index in [2.05, 4.69) is 10.6 Å². The number of carbonyl (C=O) groups is 4. The summed E-state index contributed by atoms with van der Waals surface area (Å²) in [7, 11) is 0. The monoisotopic (exact) mass is 342 g/mol. The van der Waals surface area contributed by atoms with Crippen molar-refractivity contribution in [2.24, 2.45) is 0 Å². The van der Waals surface area contributed by atoms with Gasteiger partial charge in [-0.05, 0) is 30.4 Å². The van der Waals surface area contributed by atoms with Gasteiger partial charge in [-0.2, -0.15) is 0 Å². The van der Waals surface area contributed by atoms with E-state index in [1.807, 2.05) is 24.3 Å². The largest absolute Gasteiger partial charge is 0.336 e. The highest BCUT2D eigenvalue weighted by Crippen LogP contribution is 2.39. The van der Waals surface area contributed by atoms with Crippen molar-refractivity contribution in [2.45, 2.75) is 24.8 Å². The second kappa shape index (κ2) is 5.58. The molecule has 130 valence electrons. The molecule has 4 rings (SSSR count). The first-order chi connectivity index (χ1) is 12.0. The van der Waals surface area contributed by atoms with Crippen LogP contribution in [-0.2, 0) is 21.5 Å². The molecule has 1 unspecified atom stereocenters. The zero-order valence-corrected chi connectivity index (χ0v) is 13.6. The van der Waals surface area contributed by atoms with Gasteiger partial charge in [-0.25, -0.2) is 9.59 Å². The Labute approximate surface area is 144 Å². The van der Waals surface area contributed by atoms with Crippen LogP contribution in [0.5, 0.6) is 0 Å². The van der Waals surface area contributed by atoms with E-state index in [1.54, 1.807) is 0 Å². The number of carbonyl (C=O) groups excluding carboxylic acids is 4. The smallest absolute Gasteiger partial charge is 0.325 e. The predicted octanol–water partition coefficient (Wildman–Crippen LogP) is 0.322. The van der Waals surface area contributed by atoms with Crippen molar-refractivity contribution in [3.63, 3.8) is 0 Å². The molecule has 2 N–H and O–H groups in total. The maximum atomic E-state index is 13.1. The Hall–Kier alpha value is -2.90. The Kier molecular flexibility index (Phi) is 3.48. The van der Waals surface area contributed by atoms with E-state index >= 15 is 0 Å². The highest BCUT2D eigenvalue weighted by Gasteiger charge is 2.54. The molecule has 8 heteroatoms. The molecule has 1 aliphatic carbocycles. The first-order valence-electron chi connectivity index (χ1n) is 8.33. The van der Waals surface area contributed by atoms with Crippen LogP contribution in [-0.4, -0.2) is 53.3 Å². The summed E-state index contributed by atoms with van der Waals surface area (Å²) in [6.45, 7) is 0.194. The van der Waals surface area contributed by atoms with Gasteiger partial charge in [-0.1, -0.05) is 24.3 Å². The van der Waals surface area contributed by atoms with E-state index in [4.69, 9.17) is 0 Å². The van der Waals surface area contributed by atoms with Crippen LogP contribution in [0.25, 0.3) is 0 Å². The summed E-state index contributed by atoms with van der Waals surface area (Å²) in [6.07, 6.45) is 2.14. The number of amides is 6. The zero-order valence-electron chi connectivity index (χ0n) is 13.6. The van der Waals surface area contributed by atoms with Gasteiger partial charge in [0.05, 0.1) is 0 Å². The number of hydrogen-bond acceptors (Lipinski definition) is 4. The average Bonchev–Trinajstić information content (AvgIpc) is 3.13. The molecule has 0 bridgehead atoms. The van der Waals surface area contributed by atoms with Gasteiger partial charge in [-0.15, -0.1) is 0 Å². The van der Waals surface area contributed by atoms with Gasteiger partial charge in [0.15, 0.2) is 0 Å². The van der Waals surface area contributed by atoms with Crippen molar-refractivity contribution in [3.05, 3.63) is 35.4 Å². The number of imide groups is 2. The van der Waals surface area contributed by atoms with Gasteiger partial charge < -0.3 is 10.6 Å². The van der Waals surface area contributed by atoms with Crippen LogP contribution in [0.15, 0.2) is 24.3 Å². The number of aryl methyl sites for hydroxylation is 1. The van der Waals surface area contributed by atoms with Gasteiger partial charge in [0.25, 0.3) is 11.8 Å². The van der Waals surface area contributed by atoms with Crippen molar-refractivity contribution < 1.29 is 19.2 Å². The fourth-order valence-corrected chi connectivity index (χ4v) is 3.89. The summed E-state index contributed by atoms with van der Waals surface area (Å²) in [6, 6.07) is 6.48. The molecule has 8 nitrogen and oxygen atoms in total. The Morgan fingerprint density at radius 3 is 2.72 bits per heavy atom. The molecule has 2 heterocycles. The van der Waals surface area contributed by atoms with Crippen molar-refractivity contribution in [2.75, 3.05) is 19.6 Å².